The van der Waals surface area contributed by atoms with Crippen molar-refractivity contribution in [2.45, 2.75) is 39.3 Å². The number of aromatic nitrogens is 2. The monoisotopic (exact) mass is 348 g/mol. The number of anilines is 2. The van der Waals surface area contributed by atoms with Crippen LogP contribution in [0.25, 0.3) is 11.0 Å². The van der Waals surface area contributed by atoms with Crippen LogP contribution in [0.15, 0.2) is 48.5 Å². The first-order valence-electron chi connectivity index (χ1n) is 9.33. The molecule has 1 aliphatic heterocycles. The highest BCUT2D eigenvalue weighted by atomic mass is 16.1. The van der Waals surface area contributed by atoms with Gasteiger partial charge in [0.2, 0.25) is 5.91 Å². The number of para-hydroxylation sites is 2. The normalized spacial score (nSPS) is 13.7. The molecular formula is C21H24N4O. The maximum atomic E-state index is 12.0. The van der Waals surface area contributed by atoms with Crippen molar-refractivity contribution in [2.24, 2.45) is 0 Å². The number of imidazole rings is 1. The lowest BCUT2D eigenvalue weighted by Crippen LogP contribution is -2.33. The Morgan fingerprint density at radius 2 is 2.04 bits per heavy atom. The molecule has 134 valence electrons. The average Bonchev–Trinajstić information content (AvgIpc) is 3.04. The number of benzene rings is 2. The molecule has 26 heavy (non-hydrogen) atoms. The summed E-state index contributed by atoms with van der Waals surface area (Å²) in [6, 6.07) is 16.4. The number of carbonyl (C=O) groups excluding carboxylic acids is 1. The van der Waals surface area contributed by atoms with Crippen molar-refractivity contribution in [1.82, 2.24) is 9.55 Å². The molecule has 0 unspecified atom stereocenters. The third kappa shape index (κ3) is 3.29. The van der Waals surface area contributed by atoms with E-state index >= 15 is 0 Å². The Bertz CT molecular complexity index is 931. The molecule has 0 atom stereocenters. The largest absolute Gasteiger partial charge is 0.362 e. The maximum absolute atomic E-state index is 12.0. The number of amides is 1. The van der Waals surface area contributed by atoms with E-state index in [1.165, 1.54) is 5.52 Å². The van der Waals surface area contributed by atoms with Crippen molar-refractivity contribution in [3.05, 3.63) is 54.4 Å². The van der Waals surface area contributed by atoms with Crippen LogP contribution in [0.3, 0.4) is 0 Å². The molecule has 3 aromatic rings. The van der Waals surface area contributed by atoms with Crippen molar-refractivity contribution < 1.29 is 4.79 Å². The summed E-state index contributed by atoms with van der Waals surface area (Å²) in [6.45, 7) is 4.73. The van der Waals surface area contributed by atoms with Crippen molar-refractivity contribution in [3.8, 4) is 0 Å². The van der Waals surface area contributed by atoms with Crippen molar-refractivity contribution >= 4 is 28.3 Å². The fourth-order valence-electron chi connectivity index (χ4n) is 3.53. The van der Waals surface area contributed by atoms with E-state index in [0.29, 0.717) is 6.42 Å². The molecule has 5 nitrogen and oxygen atoms in total. The van der Waals surface area contributed by atoms with Crippen molar-refractivity contribution in [2.75, 3.05) is 16.8 Å². The Hall–Kier alpha value is -2.82. The Labute approximate surface area is 153 Å². The fraction of sp³-hybridized carbons (Fsp3) is 0.333. The lowest BCUT2D eigenvalue weighted by atomic mass is 10.2. The van der Waals surface area contributed by atoms with Crippen LogP contribution in [0, 0.1) is 0 Å². The highest BCUT2D eigenvalue weighted by Gasteiger charge is 2.20. The molecule has 0 spiro atoms. The Balaban J connectivity index is 1.52. The zero-order valence-electron chi connectivity index (χ0n) is 15.1. The number of unbranched alkanes of at least 4 members (excludes halogenated alkanes) is 1. The molecule has 0 aliphatic carbocycles. The van der Waals surface area contributed by atoms with Crippen LogP contribution in [0.1, 0.15) is 32.0 Å². The first-order chi connectivity index (χ1) is 12.7. The lowest BCUT2D eigenvalue weighted by Gasteiger charge is -2.30. The average molecular weight is 348 g/mol. The van der Waals surface area contributed by atoms with Gasteiger partial charge >= 0.3 is 0 Å². The third-order valence-corrected chi connectivity index (χ3v) is 4.91. The van der Waals surface area contributed by atoms with E-state index in [1.807, 2.05) is 18.2 Å². The van der Waals surface area contributed by atoms with Crippen LogP contribution in [-0.2, 0) is 17.9 Å². The topological polar surface area (TPSA) is 50.2 Å². The molecule has 1 aromatic heterocycles. The van der Waals surface area contributed by atoms with E-state index in [4.69, 9.17) is 4.98 Å². The molecule has 5 heteroatoms. The number of rotatable bonds is 5. The van der Waals surface area contributed by atoms with Gasteiger partial charge in [-0.3, -0.25) is 4.79 Å². The zero-order chi connectivity index (χ0) is 17.9. The van der Waals surface area contributed by atoms with Gasteiger partial charge < -0.3 is 14.8 Å². The van der Waals surface area contributed by atoms with Gasteiger partial charge in [0, 0.05) is 30.9 Å². The van der Waals surface area contributed by atoms with Gasteiger partial charge in [-0.15, -0.1) is 0 Å². The van der Waals surface area contributed by atoms with Gasteiger partial charge in [0.05, 0.1) is 17.6 Å². The maximum Gasteiger partial charge on any atom is 0.224 e. The van der Waals surface area contributed by atoms with Crippen LogP contribution >= 0.6 is 0 Å². The molecule has 1 amide bonds. The minimum Gasteiger partial charge on any atom is -0.362 e. The van der Waals surface area contributed by atoms with Gasteiger partial charge in [0.15, 0.2) is 0 Å². The first kappa shape index (κ1) is 16.6. The Morgan fingerprint density at radius 3 is 2.92 bits per heavy atom. The van der Waals surface area contributed by atoms with E-state index in [-0.39, 0.29) is 5.91 Å². The molecule has 1 aliphatic rings. The molecule has 0 fully saturated rings. The van der Waals surface area contributed by atoms with Crippen molar-refractivity contribution in [1.29, 1.82) is 0 Å². The quantitative estimate of drug-likeness (QED) is 0.752. The molecule has 2 heterocycles. The Morgan fingerprint density at radius 1 is 1.15 bits per heavy atom. The van der Waals surface area contributed by atoms with Crippen molar-refractivity contribution in [3.63, 3.8) is 0 Å². The summed E-state index contributed by atoms with van der Waals surface area (Å²) >= 11 is 0. The summed E-state index contributed by atoms with van der Waals surface area (Å²) < 4.78 is 2.31. The zero-order valence-corrected chi connectivity index (χ0v) is 15.1. The molecule has 4 rings (SSSR count). The van der Waals surface area contributed by atoms with E-state index in [1.54, 1.807) is 0 Å². The number of hydrogen-bond acceptors (Lipinski definition) is 3. The Kier molecular flexibility index (Phi) is 4.61. The van der Waals surface area contributed by atoms with Crippen LogP contribution in [-0.4, -0.2) is 22.0 Å². The van der Waals surface area contributed by atoms with Crippen LogP contribution in [0.2, 0.25) is 0 Å². The second-order valence-electron chi connectivity index (χ2n) is 6.79. The van der Waals surface area contributed by atoms with Crippen LogP contribution in [0.5, 0.6) is 0 Å². The van der Waals surface area contributed by atoms with Gasteiger partial charge in [0.1, 0.15) is 5.82 Å². The fourth-order valence-corrected chi connectivity index (χ4v) is 3.53. The molecule has 0 bridgehead atoms. The van der Waals surface area contributed by atoms with Gasteiger partial charge in [-0.25, -0.2) is 4.98 Å². The highest BCUT2D eigenvalue weighted by molar-refractivity contribution is 5.91. The van der Waals surface area contributed by atoms with Crippen LogP contribution in [0.4, 0.5) is 11.4 Å². The number of hydrogen-bond donors (Lipinski definition) is 1. The number of fused-ring (bicyclic) bond motifs is 3. The van der Waals surface area contributed by atoms with Gasteiger partial charge in [-0.05, 0) is 36.8 Å². The van der Waals surface area contributed by atoms with E-state index in [0.717, 1.165) is 55.2 Å². The second-order valence-corrected chi connectivity index (χ2v) is 6.79. The summed E-state index contributed by atoms with van der Waals surface area (Å²) in [5.74, 6) is 1.18. The van der Waals surface area contributed by atoms with E-state index < -0.39 is 0 Å². The standard InChI is InChI=1S/C21H24N4O/c1-2-3-11-21(26)22-16-7-6-8-17(14-16)24-12-13-25-19-10-5-4-9-18(19)23-20(25)15-24/h4-10,14H,2-3,11-13,15H2,1H3,(H,22,26). The number of nitrogens with one attached hydrogen (secondary N) is 1. The molecule has 1 N–H and O–H groups in total. The summed E-state index contributed by atoms with van der Waals surface area (Å²) in [7, 11) is 0. The predicted octanol–water partition coefficient (Wildman–Crippen LogP) is 4.19. The summed E-state index contributed by atoms with van der Waals surface area (Å²) in [6.07, 6.45) is 2.53. The summed E-state index contributed by atoms with van der Waals surface area (Å²) in [4.78, 5) is 19.1. The minimum atomic E-state index is 0.0874. The number of carbonyl (C=O) groups is 1. The second kappa shape index (κ2) is 7.20. The minimum absolute atomic E-state index is 0.0874. The smallest absolute Gasteiger partial charge is 0.224 e. The number of nitrogens with zero attached hydrogens (tertiary/aromatic N) is 3. The van der Waals surface area contributed by atoms with Gasteiger partial charge in [0.25, 0.3) is 0 Å². The molecular weight excluding hydrogens is 324 g/mol. The van der Waals surface area contributed by atoms with Gasteiger partial charge in [-0.1, -0.05) is 31.5 Å². The highest BCUT2D eigenvalue weighted by Crippen LogP contribution is 2.26. The lowest BCUT2D eigenvalue weighted by molar-refractivity contribution is -0.116. The first-order valence-corrected chi connectivity index (χ1v) is 9.33. The predicted molar refractivity (Wildman–Crippen MR) is 105 cm³/mol. The molecule has 0 radical (unpaired) electrons. The molecule has 0 saturated heterocycles. The molecule has 0 saturated carbocycles. The third-order valence-electron chi connectivity index (χ3n) is 4.91. The SMILES string of the molecule is CCCCC(=O)Nc1cccc(N2CCn3c(nc4ccccc43)C2)c1. The summed E-state index contributed by atoms with van der Waals surface area (Å²) in [5, 5.41) is 3.01. The van der Waals surface area contributed by atoms with Gasteiger partial charge in [-0.2, -0.15) is 0 Å². The van der Waals surface area contributed by atoms with Crippen LogP contribution < -0.4 is 10.2 Å². The van der Waals surface area contributed by atoms with E-state index in [9.17, 15) is 4.79 Å². The molecule has 2 aromatic carbocycles. The van der Waals surface area contributed by atoms with E-state index in [2.05, 4.69) is 52.0 Å². The summed E-state index contributed by atoms with van der Waals surface area (Å²) in [5.41, 5.74) is 4.25.